The van der Waals surface area contributed by atoms with Gasteiger partial charge in [0.15, 0.2) is 0 Å². The monoisotopic (exact) mass is 297 g/mol. The normalized spacial score (nSPS) is 35.6. The van der Waals surface area contributed by atoms with E-state index in [1.807, 2.05) is 0 Å². The smallest absolute Gasteiger partial charge is 0.308 e. The molecule has 0 bridgehead atoms. The first-order valence-corrected chi connectivity index (χ1v) is 8.40. The number of ether oxygens (including phenoxy) is 1. The molecule has 1 saturated heterocycles. The molecule has 1 aliphatic heterocycles. The van der Waals surface area contributed by atoms with Gasteiger partial charge in [0.1, 0.15) is 0 Å². The molecule has 2 fully saturated rings. The Kier molecular flexibility index (Phi) is 5.31. The highest BCUT2D eigenvalue weighted by molar-refractivity contribution is 5.71. The summed E-state index contributed by atoms with van der Waals surface area (Å²) < 4.78 is 5.59. The third-order valence-corrected chi connectivity index (χ3v) is 5.53. The molecule has 0 aromatic rings. The molecule has 122 valence electrons. The van der Waals surface area contributed by atoms with Gasteiger partial charge in [-0.1, -0.05) is 27.7 Å². The van der Waals surface area contributed by atoms with Crippen LogP contribution in [0.25, 0.3) is 0 Å². The highest BCUT2D eigenvalue weighted by atomic mass is 16.5. The summed E-state index contributed by atoms with van der Waals surface area (Å²) in [7, 11) is 0. The van der Waals surface area contributed by atoms with Crippen LogP contribution < -0.4 is 0 Å². The van der Waals surface area contributed by atoms with E-state index in [9.17, 15) is 9.90 Å². The molecule has 1 aliphatic carbocycles. The van der Waals surface area contributed by atoms with Crippen molar-refractivity contribution >= 4 is 5.97 Å². The van der Waals surface area contributed by atoms with Crippen LogP contribution in [-0.4, -0.2) is 47.8 Å². The quantitative estimate of drug-likeness (QED) is 0.870. The van der Waals surface area contributed by atoms with Crippen LogP contribution in [0, 0.1) is 17.3 Å². The SMILES string of the molecule is CCC1COCCN1C1CC(C(C)(C)C)CCC1C(=O)O. The van der Waals surface area contributed by atoms with E-state index in [-0.39, 0.29) is 17.4 Å². The van der Waals surface area contributed by atoms with E-state index >= 15 is 0 Å². The lowest BCUT2D eigenvalue weighted by Gasteiger charge is -2.48. The number of carboxylic acids is 1. The fraction of sp³-hybridized carbons (Fsp3) is 0.941. The van der Waals surface area contributed by atoms with Gasteiger partial charge in [0.05, 0.1) is 19.1 Å². The van der Waals surface area contributed by atoms with Crippen LogP contribution in [-0.2, 0) is 9.53 Å². The first-order chi connectivity index (χ1) is 9.84. The van der Waals surface area contributed by atoms with Gasteiger partial charge in [-0.3, -0.25) is 9.69 Å². The minimum atomic E-state index is -0.617. The van der Waals surface area contributed by atoms with Crippen molar-refractivity contribution in [2.24, 2.45) is 17.3 Å². The third kappa shape index (κ3) is 3.78. The zero-order valence-electron chi connectivity index (χ0n) is 14.0. The van der Waals surface area contributed by atoms with Crippen LogP contribution in [0.4, 0.5) is 0 Å². The first kappa shape index (κ1) is 16.8. The maximum absolute atomic E-state index is 11.7. The molecule has 1 N–H and O–H groups in total. The average Bonchev–Trinajstić information content (AvgIpc) is 2.45. The molecule has 0 aromatic carbocycles. The van der Waals surface area contributed by atoms with Gasteiger partial charge in [-0.15, -0.1) is 0 Å². The van der Waals surface area contributed by atoms with Crippen molar-refractivity contribution in [1.82, 2.24) is 4.90 Å². The Morgan fingerprint density at radius 1 is 1.33 bits per heavy atom. The lowest BCUT2D eigenvalue weighted by atomic mass is 9.67. The van der Waals surface area contributed by atoms with Crippen molar-refractivity contribution in [3.05, 3.63) is 0 Å². The number of carboxylic acid groups (broad SMARTS) is 1. The van der Waals surface area contributed by atoms with Crippen LogP contribution in [0.1, 0.15) is 53.4 Å². The van der Waals surface area contributed by atoms with Crippen LogP contribution in [0.3, 0.4) is 0 Å². The van der Waals surface area contributed by atoms with Gasteiger partial charge >= 0.3 is 5.97 Å². The number of rotatable bonds is 3. The van der Waals surface area contributed by atoms with Gasteiger partial charge in [-0.25, -0.2) is 0 Å². The topological polar surface area (TPSA) is 49.8 Å². The van der Waals surface area contributed by atoms with Crippen LogP contribution >= 0.6 is 0 Å². The number of hydrogen-bond acceptors (Lipinski definition) is 3. The minimum Gasteiger partial charge on any atom is -0.481 e. The summed E-state index contributed by atoms with van der Waals surface area (Å²) in [5.74, 6) is -0.220. The highest BCUT2D eigenvalue weighted by Crippen LogP contribution is 2.42. The molecular formula is C17H31NO3. The minimum absolute atomic E-state index is 0.175. The molecule has 1 heterocycles. The number of morpholine rings is 1. The number of hydrogen-bond donors (Lipinski definition) is 1. The van der Waals surface area contributed by atoms with Crippen molar-refractivity contribution in [3.63, 3.8) is 0 Å². The Hall–Kier alpha value is -0.610. The molecule has 1 saturated carbocycles. The van der Waals surface area contributed by atoms with Crippen LogP contribution in [0.5, 0.6) is 0 Å². The largest absolute Gasteiger partial charge is 0.481 e. The van der Waals surface area contributed by atoms with Crippen molar-refractivity contribution < 1.29 is 14.6 Å². The van der Waals surface area contributed by atoms with Gasteiger partial charge in [0.25, 0.3) is 0 Å². The van der Waals surface area contributed by atoms with Crippen LogP contribution in [0.2, 0.25) is 0 Å². The standard InChI is InChI=1S/C17H31NO3/c1-5-13-11-21-9-8-18(13)15-10-12(17(2,3)4)6-7-14(15)16(19)20/h12-15H,5-11H2,1-4H3,(H,19,20). The average molecular weight is 297 g/mol. The molecule has 0 radical (unpaired) electrons. The Bertz CT molecular complexity index is 364. The number of aliphatic carboxylic acids is 1. The number of nitrogens with zero attached hydrogens (tertiary/aromatic N) is 1. The van der Waals surface area contributed by atoms with Crippen molar-refractivity contribution in [2.75, 3.05) is 19.8 Å². The summed E-state index contributed by atoms with van der Waals surface area (Å²) in [6.07, 6.45) is 3.90. The van der Waals surface area contributed by atoms with E-state index in [2.05, 4.69) is 32.6 Å². The van der Waals surface area contributed by atoms with Gasteiger partial charge in [0.2, 0.25) is 0 Å². The molecule has 2 aliphatic rings. The first-order valence-electron chi connectivity index (χ1n) is 8.40. The second-order valence-corrected chi connectivity index (χ2v) is 7.76. The summed E-state index contributed by atoms with van der Waals surface area (Å²) in [6, 6.07) is 0.554. The van der Waals surface area contributed by atoms with E-state index in [1.54, 1.807) is 0 Å². The lowest BCUT2D eigenvalue weighted by Crippen LogP contribution is -2.56. The predicted molar refractivity (Wildman–Crippen MR) is 83.3 cm³/mol. The second kappa shape index (κ2) is 6.66. The zero-order valence-corrected chi connectivity index (χ0v) is 14.0. The van der Waals surface area contributed by atoms with Crippen molar-refractivity contribution in [1.29, 1.82) is 0 Å². The van der Waals surface area contributed by atoms with Gasteiger partial charge in [-0.2, -0.15) is 0 Å². The van der Waals surface area contributed by atoms with Gasteiger partial charge < -0.3 is 9.84 Å². The molecule has 4 unspecified atom stereocenters. The third-order valence-electron chi connectivity index (χ3n) is 5.53. The zero-order chi connectivity index (χ0) is 15.6. The molecular weight excluding hydrogens is 266 g/mol. The molecule has 0 spiro atoms. The van der Waals surface area contributed by atoms with Crippen molar-refractivity contribution in [2.45, 2.75) is 65.5 Å². The lowest BCUT2D eigenvalue weighted by molar-refractivity contribution is -0.150. The maximum atomic E-state index is 11.7. The molecule has 4 heteroatoms. The highest BCUT2D eigenvalue weighted by Gasteiger charge is 2.43. The van der Waals surface area contributed by atoms with E-state index in [0.29, 0.717) is 12.0 Å². The van der Waals surface area contributed by atoms with E-state index in [0.717, 1.165) is 45.4 Å². The summed E-state index contributed by atoms with van der Waals surface area (Å²) in [5, 5.41) is 9.63. The number of carbonyl (C=O) groups is 1. The van der Waals surface area contributed by atoms with E-state index < -0.39 is 5.97 Å². The fourth-order valence-electron chi connectivity index (χ4n) is 4.04. The molecule has 2 rings (SSSR count). The molecule has 21 heavy (non-hydrogen) atoms. The summed E-state index contributed by atoms with van der Waals surface area (Å²) >= 11 is 0. The molecule has 4 nitrogen and oxygen atoms in total. The molecule has 0 aromatic heterocycles. The Morgan fingerprint density at radius 2 is 2.05 bits per heavy atom. The summed E-state index contributed by atoms with van der Waals surface area (Å²) in [6.45, 7) is 11.4. The van der Waals surface area contributed by atoms with Crippen LogP contribution in [0.15, 0.2) is 0 Å². The van der Waals surface area contributed by atoms with E-state index in [1.165, 1.54) is 0 Å². The summed E-state index contributed by atoms with van der Waals surface area (Å²) in [5.41, 5.74) is 0.260. The van der Waals surface area contributed by atoms with E-state index in [4.69, 9.17) is 4.74 Å². The van der Waals surface area contributed by atoms with Gasteiger partial charge in [-0.05, 0) is 37.0 Å². The predicted octanol–water partition coefficient (Wildman–Crippen LogP) is 3.01. The molecule has 4 atom stereocenters. The van der Waals surface area contributed by atoms with Crippen molar-refractivity contribution in [3.8, 4) is 0 Å². The Morgan fingerprint density at radius 3 is 2.62 bits per heavy atom. The maximum Gasteiger partial charge on any atom is 0.308 e. The second-order valence-electron chi connectivity index (χ2n) is 7.76. The Labute approximate surface area is 128 Å². The summed E-state index contributed by atoms with van der Waals surface area (Å²) in [4.78, 5) is 14.1. The Balaban J connectivity index is 2.18. The molecule has 0 amide bonds. The fourth-order valence-corrected chi connectivity index (χ4v) is 4.04. The van der Waals surface area contributed by atoms with Gasteiger partial charge in [0, 0.05) is 18.6 Å².